The number of hydrogen-bond acceptors (Lipinski definition) is 0. The highest BCUT2D eigenvalue weighted by atomic mass is 14.4. The summed E-state index contributed by atoms with van der Waals surface area (Å²) in [6.07, 6.45) is 1.99. The summed E-state index contributed by atoms with van der Waals surface area (Å²) in [7, 11) is 0. The van der Waals surface area contributed by atoms with Gasteiger partial charge in [-0.3, -0.25) is 0 Å². The van der Waals surface area contributed by atoms with E-state index in [9.17, 15) is 0 Å². The van der Waals surface area contributed by atoms with Crippen molar-refractivity contribution >= 4 is 43.1 Å². The van der Waals surface area contributed by atoms with Crippen LogP contribution in [-0.4, -0.2) is 0 Å². The average Bonchev–Trinajstić information content (AvgIpc) is 1.29. The molecule has 0 aromatic heterocycles. The minimum absolute atomic E-state index is 0.988. The number of rotatable bonds is 7. The van der Waals surface area contributed by atoms with Gasteiger partial charge in [-0.05, 0) is 828 Å². The van der Waals surface area contributed by atoms with Crippen molar-refractivity contribution in [1.29, 1.82) is 0 Å². The number of aryl methyl sites for hydroxylation is 8. The highest BCUT2D eigenvalue weighted by Crippen LogP contribution is 2.63. The van der Waals surface area contributed by atoms with Crippen LogP contribution in [0.5, 0.6) is 0 Å². The first-order valence-electron chi connectivity index (χ1n) is 51.2. The average molecular weight is 1790 g/mol. The molecule has 0 fully saturated rings. The van der Waals surface area contributed by atoms with Gasteiger partial charge in [-0.15, -0.1) is 0 Å². The molecule has 0 unspecified atom stereocenters. The van der Waals surface area contributed by atoms with Crippen LogP contribution in [-0.2, 0) is 12.8 Å². The Hall–Kier alpha value is -10.7. The Kier molecular flexibility index (Phi) is 24.3. The molecule has 0 bridgehead atoms. The van der Waals surface area contributed by atoms with Crippen LogP contribution in [0.3, 0.4) is 0 Å². The van der Waals surface area contributed by atoms with E-state index in [1.165, 1.54) is 455 Å². The lowest BCUT2D eigenvalue weighted by molar-refractivity contribution is 1.12. The van der Waals surface area contributed by atoms with Crippen LogP contribution in [0.15, 0.2) is 0 Å². The summed E-state index contributed by atoms with van der Waals surface area (Å²) in [4.78, 5) is 0. The third-order valence-electron chi connectivity index (χ3n) is 40.3. The summed E-state index contributed by atoms with van der Waals surface area (Å²) >= 11 is 0. The molecule has 0 heterocycles. The van der Waals surface area contributed by atoms with Gasteiger partial charge >= 0.3 is 0 Å². The molecule has 704 valence electrons. The fourth-order valence-corrected chi connectivity index (χ4v) is 27.3. The van der Waals surface area contributed by atoms with Crippen LogP contribution in [0.25, 0.3) is 143 Å². The van der Waals surface area contributed by atoms with Gasteiger partial charge in [0.05, 0.1) is 0 Å². The molecule has 0 amide bonds. The molecule has 15 aromatic rings. The first-order chi connectivity index (χ1) is 63.3. The van der Waals surface area contributed by atoms with Gasteiger partial charge in [-0.25, -0.2) is 0 Å². The lowest BCUT2D eigenvalue weighted by atomic mass is 9.71. The molecular weight excluding hydrogens is 1630 g/mol. The maximum Gasteiger partial charge on any atom is -0.000766 e. The highest BCUT2D eigenvalue weighted by molar-refractivity contribution is 6.30. The molecule has 136 heavy (non-hydrogen) atoms. The van der Waals surface area contributed by atoms with Crippen LogP contribution in [0, 0.1) is 360 Å². The Balaban J connectivity index is 0.000000199. The van der Waals surface area contributed by atoms with Crippen molar-refractivity contribution in [2.45, 2.75) is 373 Å². The Morgan fingerprint density at radius 1 is 0.0662 bits per heavy atom. The monoisotopic (exact) mass is 1790 g/mol. The van der Waals surface area contributed by atoms with Crippen molar-refractivity contribution < 1.29 is 0 Å². The quantitative estimate of drug-likeness (QED) is 0.140. The topological polar surface area (TPSA) is 0 Å². The third kappa shape index (κ3) is 13.0. The van der Waals surface area contributed by atoms with Gasteiger partial charge in [0.15, 0.2) is 0 Å². The Morgan fingerprint density at radius 2 is 0.154 bits per heavy atom. The van der Waals surface area contributed by atoms with Crippen LogP contribution in [0.4, 0.5) is 0 Å². The lowest BCUT2D eigenvalue weighted by Crippen LogP contribution is -2.09. The molecule has 0 saturated heterocycles. The van der Waals surface area contributed by atoms with Crippen molar-refractivity contribution in [1.82, 2.24) is 0 Å². The smallest absolute Gasteiger partial charge is 0.000766 e. The summed E-state index contributed by atoms with van der Waals surface area (Å²) in [5, 5.41) is 11.5. The fourth-order valence-electron chi connectivity index (χ4n) is 27.3. The second kappa shape index (κ2) is 33.6. The largest absolute Gasteiger partial charge is 0.0447 e. The molecular formula is C136H160. The molecule has 0 aliphatic heterocycles. The lowest BCUT2D eigenvalue weighted by Gasteiger charge is -2.32. The zero-order valence-corrected chi connectivity index (χ0v) is 94.4. The van der Waals surface area contributed by atoms with Crippen molar-refractivity contribution in [2.75, 3.05) is 0 Å². The molecule has 0 N–H and O–H groups in total. The summed E-state index contributed by atoms with van der Waals surface area (Å²) in [6.45, 7) is 125. The van der Waals surface area contributed by atoms with Crippen LogP contribution < -0.4 is 0 Å². The maximum atomic E-state index is 2.46. The van der Waals surface area contributed by atoms with E-state index in [2.05, 4.69) is 360 Å². The predicted octanol–water partition coefficient (Wildman–Crippen LogP) is 38.8. The summed E-state index contributed by atoms with van der Waals surface area (Å²) in [5.41, 5.74) is 106. The molecule has 0 nitrogen and oxygen atoms in total. The maximum absolute atomic E-state index is 2.46. The SMILES string of the molecule is Cc1c(C)c(C)c(-c2c(C)c(C)c(-c3c(C)c(C)c(C)c(C)c3-c3c4c(C)c(C)c(C)c(C)c4c(-c4c(C)c(C)c(C)c5c4-c4c(C)c(C)c(C)c(C)c4C5)c4c(C)c(C)c(C)c(C)c34)c(C)c2C)c(C)c1C.Cc1c(C)c(C)c(-c2c(C)c(C)c(C)c(C)c2-c2c3c(C)c(C)c(C)c(C)c3c(-c3c(C)c(C)c(C)c4c3-c3c(C)c(C)c(C)c(C)c3C4)c3c(C)c(C)c(C)c(C)c23)c(C)c1C. The van der Waals surface area contributed by atoms with Gasteiger partial charge in [-0.1, -0.05) is 0 Å². The molecule has 15 aromatic carbocycles. The Morgan fingerprint density at radius 3 is 0.324 bits per heavy atom. The molecule has 0 atom stereocenters. The second-order valence-corrected chi connectivity index (χ2v) is 44.5. The summed E-state index contributed by atoms with van der Waals surface area (Å²) < 4.78 is 0. The molecule has 0 saturated carbocycles. The normalized spacial score (nSPS) is 12.4. The van der Waals surface area contributed by atoms with E-state index in [1.807, 2.05) is 0 Å². The predicted molar refractivity (Wildman–Crippen MR) is 604 cm³/mol. The molecule has 0 radical (unpaired) electrons. The fraction of sp³-hybridized carbons (Fsp3) is 0.397. The van der Waals surface area contributed by atoms with E-state index in [1.54, 1.807) is 0 Å². The molecule has 2 aliphatic carbocycles. The first kappa shape index (κ1) is 98.4. The van der Waals surface area contributed by atoms with E-state index in [-0.39, 0.29) is 0 Å². The van der Waals surface area contributed by atoms with Crippen LogP contribution in [0.2, 0.25) is 0 Å². The Bertz CT molecular complexity index is 7890. The van der Waals surface area contributed by atoms with Gasteiger partial charge in [-0.2, -0.15) is 0 Å². The zero-order chi connectivity index (χ0) is 101. The minimum atomic E-state index is 0.988. The van der Waals surface area contributed by atoms with Crippen molar-refractivity contribution in [3.8, 4) is 100 Å². The third-order valence-corrected chi connectivity index (χ3v) is 40.3. The van der Waals surface area contributed by atoms with Crippen molar-refractivity contribution in [2.24, 2.45) is 0 Å². The Labute approximate surface area is 821 Å². The van der Waals surface area contributed by atoms with Gasteiger partial charge in [0.2, 0.25) is 0 Å². The first-order valence-corrected chi connectivity index (χ1v) is 51.2. The molecule has 0 heteroatoms. The van der Waals surface area contributed by atoms with E-state index in [4.69, 9.17) is 0 Å². The van der Waals surface area contributed by atoms with E-state index < -0.39 is 0 Å². The van der Waals surface area contributed by atoms with Crippen LogP contribution in [0.1, 0.15) is 312 Å². The van der Waals surface area contributed by atoms with E-state index in [0.29, 0.717) is 0 Å². The summed E-state index contributed by atoms with van der Waals surface area (Å²) in [6, 6.07) is 0. The zero-order valence-electron chi connectivity index (χ0n) is 94.4. The van der Waals surface area contributed by atoms with Crippen molar-refractivity contribution in [3.63, 3.8) is 0 Å². The molecule has 2 aliphatic rings. The van der Waals surface area contributed by atoms with E-state index in [0.717, 1.165) is 12.8 Å². The number of hydrogen-bond donors (Lipinski definition) is 0. The van der Waals surface area contributed by atoms with Gasteiger partial charge in [0.1, 0.15) is 0 Å². The highest BCUT2D eigenvalue weighted by Gasteiger charge is 2.41. The molecule has 17 rings (SSSR count). The van der Waals surface area contributed by atoms with Gasteiger partial charge in [0, 0.05) is 0 Å². The van der Waals surface area contributed by atoms with Gasteiger partial charge in [0.25, 0.3) is 0 Å². The van der Waals surface area contributed by atoms with Crippen LogP contribution >= 0.6 is 0 Å². The molecule has 0 spiro atoms. The number of benzene rings is 15. The second-order valence-electron chi connectivity index (χ2n) is 44.5. The summed E-state index contributed by atoms with van der Waals surface area (Å²) in [5.74, 6) is 0. The number of fused-ring (bicyclic) bond motifs is 10. The van der Waals surface area contributed by atoms with E-state index >= 15 is 0 Å². The standard InChI is InChI=1S/C73H86.C63H74/c1-30-32(3)44(15)60(45(16)33(30)4)61-54(25)56(27)62(57(28)55(61)26)64-47(18)35(6)36(7)48(19)65(64)72-66-49(20)37(8)39(10)51(22)68(66)73(69-52(23)40(11)38(9)50(21)67(69)72)70-53(24)41(12)43(14)59-29-58-42(13)31(2)34(5)46(17)63(58)71(59)70;1-26-28(3)40(15)52(41(16)29(26)4)54-43(18)31(6)32(7)44(19)55(54)62-56-45(20)33(8)35(10)47(22)58(56)63(59-48(23)36(11)34(9)46(21)57(59)62)60-49(24)37(12)39(14)51-25-50-38(13)27(2)30(5)42(17)53(50)61(51)60/h29H2,1-28H3;25H2,1-24H3. The van der Waals surface area contributed by atoms with Gasteiger partial charge < -0.3 is 0 Å². The minimum Gasteiger partial charge on any atom is -0.0447 e. The van der Waals surface area contributed by atoms with Crippen molar-refractivity contribution in [3.05, 3.63) is 312 Å².